The van der Waals surface area contributed by atoms with Gasteiger partial charge in [-0.25, -0.2) is 0 Å². The van der Waals surface area contributed by atoms with Crippen molar-refractivity contribution in [1.82, 2.24) is 10.9 Å². The minimum absolute atomic E-state index is 0.0183. The van der Waals surface area contributed by atoms with Gasteiger partial charge in [0.25, 0.3) is 11.8 Å². The third-order valence-corrected chi connectivity index (χ3v) is 4.58. The van der Waals surface area contributed by atoms with Gasteiger partial charge in [0, 0.05) is 4.90 Å². The van der Waals surface area contributed by atoms with E-state index in [9.17, 15) is 14.4 Å². The molecule has 8 nitrogen and oxygen atoms in total. The first kappa shape index (κ1) is 19.6. The second-order valence-corrected chi connectivity index (χ2v) is 6.71. The molecule has 0 spiro atoms. The Morgan fingerprint density at radius 1 is 1.00 bits per heavy atom. The normalized spacial score (nSPS) is 14.6. The predicted octanol–water partition coefficient (Wildman–Crippen LogP) is 1.31. The lowest BCUT2D eigenvalue weighted by Gasteiger charge is -2.25. The number of hydrogen-bond acceptors (Lipinski definition) is 7. The highest BCUT2D eigenvalue weighted by molar-refractivity contribution is 8.00. The van der Waals surface area contributed by atoms with Crippen molar-refractivity contribution in [3.05, 3.63) is 54.6 Å². The number of para-hydroxylation sites is 2. The molecule has 2 N–H and O–H groups in total. The van der Waals surface area contributed by atoms with Gasteiger partial charge >= 0.3 is 5.97 Å². The van der Waals surface area contributed by atoms with Crippen molar-refractivity contribution in [2.24, 2.45) is 0 Å². The number of esters is 1. The van der Waals surface area contributed by atoms with E-state index in [4.69, 9.17) is 14.2 Å². The van der Waals surface area contributed by atoms with Crippen LogP contribution >= 0.6 is 11.8 Å². The average molecular weight is 402 g/mol. The summed E-state index contributed by atoms with van der Waals surface area (Å²) in [5.41, 5.74) is 4.40. The highest BCUT2D eigenvalue weighted by Crippen LogP contribution is 2.30. The lowest BCUT2D eigenvalue weighted by atomic mass is 10.2. The van der Waals surface area contributed by atoms with Gasteiger partial charge in [-0.05, 0) is 24.3 Å². The summed E-state index contributed by atoms with van der Waals surface area (Å²) >= 11 is 1.31. The summed E-state index contributed by atoms with van der Waals surface area (Å²) in [6.07, 6.45) is -0.903. The first-order valence-electron chi connectivity index (χ1n) is 8.42. The van der Waals surface area contributed by atoms with E-state index in [1.807, 2.05) is 30.3 Å². The van der Waals surface area contributed by atoms with Crippen LogP contribution in [-0.4, -0.2) is 42.9 Å². The Labute approximate surface area is 165 Å². The Morgan fingerprint density at radius 3 is 2.50 bits per heavy atom. The Balaban J connectivity index is 1.34. The quantitative estimate of drug-likeness (QED) is 0.427. The number of carbonyl (C=O) groups excluding carboxylic acids is 3. The third kappa shape index (κ3) is 5.65. The van der Waals surface area contributed by atoms with E-state index in [0.717, 1.165) is 4.90 Å². The molecule has 0 saturated carbocycles. The molecule has 28 heavy (non-hydrogen) atoms. The van der Waals surface area contributed by atoms with Crippen LogP contribution in [0, 0.1) is 0 Å². The zero-order valence-electron chi connectivity index (χ0n) is 14.8. The SMILES string of the molecule is O=C(COC(=O)CSc1ccccc1)NNC(=O)[C@@H]1COc2ccccc2O1. The number of fused-ring (bicyclic) bond motifs is 1. The highest BCUT2D eigenvalue weighted by atomic mass is 32.2. The molecule has 146 valence electrons. The van der Waals surface area contributed by atoms with E-state index in [-0.39, 0.29) is 12.4 Å². The first-order chi connectivity index (χ1) is 13.6. The van der Waals surface area contributed by atoms with Gasteiger partial charge in [0.05, 0.1) is 5.75 Å². The van der Waals surface area contributed by atoms with Crippen LogP contribution in [0.2, 0.25) is 0 Å². The van der Waals surface area contributed by atoms with Crippen LogP contribution in [0.1, 0.15) is 0 Å². The molecule has 1 aliphatic heterocycles. The molecule has 0 aromatic heterocycles. The van der Waals surface area contributed by atoms with Gasteiger partial charge in [0.2, 0.25) is 6.10 Å². The van der Waals surface area contributed by atoms with Crippen molar-refractivity contribution in [2.45, 2.75) is 11.0 Å². The van der Waals surface area contributed by atoms with Gasteiger partial charge in [0.15, 0.2) is 18.1 Å². The Morgan fingerprint density at radius 2 is 1.71 bits per heavy atom. The molecule has 0 fully saturated rings. The summed E-state index contributed by atoms with van der Waals surface area (Å²) in [5.74, 6) is -0.690. The third-order valence-electron chi connectivity index (χ3n) is 3.59. The number of thioether (sulfide) groups is 1. The molecular weight excluding hydrogens is 384 g/mol. The maximum absolute atomic E-state index is 12.1. The zero-order valence-corrected chi connectivity index (χ0v) is 15.6. The van der Waals surface area contributed by atoms with Crippen LogP contribution in [0.5, 0.6) is 11.5 Å². The Bertz CT molecular complexity index is 845. The number of rotatable bonds is 6. The lowest BCUT2D eigenvalue weighted by Crippen LogP contribution is -2.51. The number of amides is 2. The van der Waals surface area contributed by atoms with Crippen molar-refractivity contribution < 1.29 is 28.6 Å². The van der Waals surface area contributed by atoms with Crippen molar-refractivity contribution in [3.63, 3.8) is 0 Å². The molecule has 0 radical (unpaired) electrons. The predicted molar refractivity (Wildman–Crippen MR) is 101 cm³/mol. The van der Waals surface area contributed by atoms with E-state index in [2.05, 4.69) is 10.9 Å². The van der Waals surface area contributed by atoms with Crippen LogP contribution in [0.4, 0.5) is 0 Å². The molecule has 1 aliphatic rings. The fourth-order valence-electron chi connectivity index (χ4n) is 2.24. The van der Waals surface area contributed by atoms with Gasteiger partial charge in [-0.15, -0.1) is 11.8 Å². The molecule has 9 heteroatoms. The lowest BCUT2D eigenvalue weighted by molar-refractivity contribution is -0.146. The number of benzene rings is 2. The molecule has 1 atom stereocenters. The summed E-state index contributed by atoms with van der Waals surface area (Å²) in [5, 5.41) is 0. The number of nitrogens with one attached hydrogen (secondary N) is 2. The molecule has 0 bridgehead atoms. The number of hydrazine groups is 1. The smallest absolute Gasteiger partial charge is 0.316 e. The maximum Gasteiger partial charge on any atom is 0.316 e. The topological polar surface area (TPSA) is 103 Å². The maximum atomic E-state index is 12.1. The van der Waals surface area contributed by atoms with Crippen LogP contribution in [-0.2, 0) is 19.1 Å². The second kappa shape index (κ2) is 9.65. The summed E-state index contributed by atoms with van der Waals surface area (Å²) in [6.45, 7) is -0.482. The summed E-state index contributed by atoms with van der Waals surface area (Å²) in [7, 11) is 0. The molecule has 2 aromatic carbocycles. The molecule has 0 unspecified atom stereocenters. The largest absolute Gasteiger partial charge is 0.485 e. The standard InChI is InChI=1S/C19H18N2O6S/c22-17(11-26-18(23)12-28-13-6-2-1-3-7-13)20-21-19(24)16-10-25-14-8-4-5-9-15(14)27-16/h1-9,16H,10-12H2,(H,20,22)(H,21,24)/t16-/m0/s1. The minimum Gasteiger partial charge on any atom is -0.485 e. The van der Waals surface area contributed by atoms with E-state index in [1.165, 1.54) is 11.8 Å². The average Bonchev–Trinajstić information content (AvgIpc) is 2.75. The summed E-state index contributed by atoms with van der Waals surface area (Å²) in [4.78, 5) is 36.4. The summed E-state index contributed by atoms with van der Waals surface area (Å²) in [6, 6.07) is 16.3. The van der Waals surface area contributed by atoms with Gasteiger partial charge in [-0.2, -0.15) is 0 Å². The molecular formula is C19H18N2O6S. The molecule has 1 heterocycles. The molecule has 2 amide bonds. The van der Waals surface area contributed by atoms with Crippen LogP contribution in [0.15, 0.2) is 59.5 Å². The van der Waals surface area contributed by atoms with Gasteiger partial charge in [0.1, 0.15) is 6.61 Å². The fourth-order valence-corrected chi connectivity index (χ4v) is 2.96. The number of carbonyl (C=O) groups is 3. The van der Waals surface area contributed by atoms with Gasteiger partial charge in [-0.1, -0.05) is 30.3 Å². The van der Waals surface area contributed by atoms with E-state index in [0.29, 0.717) is 11.5 Å². The zero-order chi connectivity index (χ0) is 19.8. The van der Waals surface area contributed by atoms with Crippen molar-refractivity contribution in [3.8, 4) is 11.5 Å². The Hall–Kier alpha value is -3.20. The summed E-state index contributed by atoms with van der Waals surface area (Å²) < 4.78 is 15.8. The molecule has 0 aliphatic carbocycles. The van der Waals surface area contributed by atoms with E-state index in [1.54, 1.807) is 24.3 Å². The molecule has 3 rings (SSSR count). The van der Waals surface area contributed by atoms with Crippen molar-refractivity contribution in [2.75, 3.05) is 19.0 Å². The number of ether oxygens (including phenoxy) is 3. The van der Waals surface area contributed by atoms with Crippen LogP contribution in [0.3, 0.4) is 0 Å². The van der Waals surface area contributed by atoms with Crippen molar-refractivity contribution in [1.29, 1.82) is 0 Å². The molecule has 0 saturated heterocycles. The van der Waals surface area contributed by atoms with Crippen LogP contribution < -0.4 is 20.3 Å². The van der Waals surface area contributed by atoms with Gasteiger partial charge < -0.3 is 14.2 Å². The fraction of sp³-hybridized carbons (Fsp3) is 0.211. The molecule has 2 aromatic rings. The number of hydrogen-bond donors (Lipinski definition) is 2. The Kier molecular flexibility index (Phi) is 6.74. The minimum atomic E-state index is -0.903. The van der Waals surface area contributed by atoms with Crippen molar-refractivity contribution >= 4 is 29.5 Å². The van der Waals surface area contributed by atoms with E-state index >= 15 is 0 Å². The highest BCUT2D eigenvalue weighted by Gasteiger charge is 2.27. The van der Waals surface area contributed by atoms with Crippen LogP contribution in [0.25, 0.3) is 0 Å². The first-order valence-corrected chi connectivity index (χ1v) is 9.41. The second-order valence-electron chi connectivity index (χ2n) is 5.66. The van der Waals surface area contributed by atoms with Gasteiger partial charge in [-0.3, -0.25) is 25.2 Å². The monoisotopic (exact) mass is 402 g/mol. The van der Waals surface area contributed by atoms with E-state index < -0.39 is 30.5 Å².